The highest BCUT2D eigenvalue weighted by atomic mass is 16.8. The number of hydrogen-bond acceptors (Lipinski definition) is 18. The van der Waals surface area contributed by atoms with Crippen LogP contribution in [0.5, 0.6) is 0 Å². The number of nitrogens with one attached hydrogen (secondary N) is 1. The van der Waals surface area contributed by atoms with E-state index in [2.05, 4.69) is 46.0 Å². The van der Waals surface area contributed by atoms with Crippen molar-refractivity contribution < 1.29 is 93.5 Å². The topological polar surface area (TPSA) is 310 Å². The molecule has 1 aromatic rings. The summed E-state index contributed by atoms with van der Waals surface area (Å²) in [6.07, 6.45) is -11.1. The molecule has 0 unspecified atom stereocenters. The summed E-state index contributed by atoms with van der Waals surface area (Å²) < 4.78 is 42.3. The monoisotopic (exact) mass is 1090 g/mol. The number of hydrogen-bond donors (Lipinski definition) is 10. The number of carbonyl (C=O) groups excluding carboxylic acids is 2. The zero-order valence-electron chi connectivity index (χ0n) is 45.5. The lowest BCUT2D eigenvalue weighted by Crippen LogP contribution is -2.69. The predicted molar refractivity (Wildman–Crippen MR) is 272 cm³/mol. The van der Waals surface area contributed by atoms with Crippen LogP contribution in [0.1, 0.15) is 112 Å². The van der Waals surface area contributed by atoms with Gasteiger partial charge in [-0.25, -0.2) is 4.79 Å². The van der Waals surface area contributed by atoms with Crippen LogP contribution in [0.25, 0.3) is 6.08 Å². The minimum atomic E-state index is -1.73. The molecule has 20 nitrogen and oxygen atoms in total. The van der Waals surface area contributed by atoms with Gasteiger partial charge in [0.2, 0.25) is 5.91 Å². The molecule has 4 saturated carbocycles. The van der Waals surface area contributed by atoms with Gasteiger partial charge in [0.15, 0.2) is 18.9 Å². The van der Waals surface area contributed by atoms with Gasteiger partial charge in [0.05, 0.1) is 32.0 Å². The fourth-order valence-corrected chi connectivity index (χ4v) is 16.0. The van der Waals surface area contributed by atoms with E-state index in [-0.39, 0.29) is 42.1 Å². The number of rotatable bonds is 12. The first-order valence-corrected chi connectivity index (χ1v) is 27.5. The van der Waals surface area contributed by atoms with Crippen molar-refractivity contribution in [2.75, 3.05) is 19.8 Å². The maximum Gasteiger partial charge on any atom is 0.331 e. The summed E-state index contributed by atoms with van der Waals surface area (Å²) in [6, 6.07) is 8.16. The molecular weight excluding hydrogens is 1000 g/mol. The molecule has 1 aromatic carbocycles. The van der Waals surface area contributed by atoms with E-state index in [0.717, 1.165) is 30.4 Å². The zero-order chi connectivity index (χ0) is 55.9. The molecule has 0 aromatic heterocycles. The third-order valence-electron chi connectivity index (χ3n) is 20.6. The van der Waals surface area contributed by atoms with Crippen LogP contribution in [0.4, 0.5) is 0 Å². The smallest absolute Gasteiger partial charge is 0.331 e. The minimum absolute atomic E-state index is 0.0206. The first kappa shape index (κ1) is 58.2. The van der Waals surface area contributed by atoms with E-state index in [1.54, 1.807) is 6.08 Å². The maximum atomic E-state index is 13.8. The second kappa shape index (κ2) is 21.5. The Hall–Kier alpha value is -3.45. The van der Waals surface area contributed by atoms with Crippen molar-refractivity contribution in [3.05, 3.63) is 53.6 Å². The van der Waals surface area contributed by atoms with E-state index in [9.17, 15) is 60.3 Å². The van der Waals surface area contributed by atoms with Crippen LogP contribution in [-0.4, -0.2) is 182 Å². The number of benzene rings is 1. The molecule has 23 atom stereocenters. The van der Waals surface area contributed by atoms with Crippen LogP contribution >= 0.6 is 0 Å². The van der Waals surface area contributed by atoms with Crippen molar-refractivity contribution in [1.82, 2.24) is 5.32 Å². The summed E-state index contributed by atoms with van der Waals surface area (Å²) >= 11 is 0. The standard InChI is InChI=1S/C57H83NO19/c1-28(59)58-41-45(67)44(66)34(27-73-50-47(43(65)33(61)26-72-50)77-49-46(68)42(64)32(60)25-71-49)74-48(41)76-38-19-20-54(6)35(53(38,4)5)18-21-55(7)36(54)16-15-30-31-22-52(2,3)39(75-40(63)17-14-29-12-10-9-11-13-29)24-57(31,51(69)70)37(62)23-56(30,55)8/h9-15,17,31-39,41-50,60-62,64-68H,16,18-27H2,1-8H3,(H,58,59)(H,69,70)/t31-,32-,33-,34+,35-,36+,37+,38-,39-,41+,42-,43-,44+,45+,46+,47+,48-,49-,50-,54-,55+,56+,57+/m0/s1. The van der Waals surface area contributed by atoms with Crippen molar-refractivity contribution in [3.63, 3.8) is 0 Å². The van der Waals surface area contributed by atoms with Crippen molar-refractivity contribution in [1.29, 1.82) is 0 Å². The first-order valence-electron chi connectivity index (χ1n) is 27.5. The lowest BCUT2D eigenvalue weighted by atomic mass is 9.33. The zero-order valence-corrected chi connectivity index (χ0v) is 45.5. The van der Waals surface area contributed by atoms with Gasteiger partial charge in [-0.05, 0) is 96.0 Å². The predicted octanol–water partition coefficient (Wildman–Crippen LogP) is 2.33. The first-order chi connectivity index (χ1) is 36.1. The molecule has 9 rings (SSSR count). The van der Waals surface area contributed by atoms with Gasteiger partial charge in [-0.1, -0.05) is 90.4 Å². The normalized spacial score (nSPS) is 47.3. The van der Waals surface area contributed by atoms with Crippen LogP contribution < -0.4 is 5.32 Å². The highest BCUT2D eigenvalue weighted by Gasteiger charge is 2.73. The molecule has 7 fully saturated rings. The molecule has 3 heterocycles. The highest BCUT2D eigenvalue weighted by Crippen LogP contribution is 2.76. The number of esters is 1. The van der Waals surface area contributed by atoms with E-state index < -0.39 is 157 Å². The number of aliphatic hydroxyl groups is 8. The van der Waals surface area contributed by atoms with Crippen molar-refractivity contribution in [2.45, 2.75) is 205 Å². The third-order valence-corrected chi connectivity index (χ3v) is 20.6. The molecule has 430 valence electrons. The van der Waals surface area contributed by atoms with Gasteiger partial charge < -0.3 is 84.4 Å². The van der Waals surface area contributed by atoms with Crippen molar-refractivity contribution in [3.8, 4) is 0 Å². The number of carboxylic acid groups (broad SMARTS) is 1. The minimum Gasteiger partial charge on any atom is -0.481 e. The summed E-state index contributed by atoms with van der Waals surface area (Å²) in [5, 5.41) is 102. The van der Waals surface area contributed by atoms with Gasteiger partial charge in [-0.2, -0.15) is 0 Å². The summed E-state index contributed by atoms with van der Waals surface area (Å²) in [4.78, 5) is 39.7. The SMILES string of the molecule is CC(=O)N[C@H]1[C@H](O[C@H]2CC[C@]3(C)[C@H]4CC=C5[C@@H]6CC(C)(C)[C@@H](OC(=O)C=Cc7ccccc7)C[C@]6(C(=O)O)[C@H](O)C[C@@]5(C)[C@]4(C)CC[C@H]3C2(C)C)O[C@H](CO[C@@H]2OC[C@H](O)[C@H](O)[C@H]2O[C@@H]2OC[C@H](O)[C@H](O)[C@H]2O)[C@@H](O)[C@@H]1O. The molecule has 5 aliphatic carbocycles. The number of carboxylic acids is 1. The van der Waals surface area contributed by atoms with Crippen LogP contribution in [0.15, 0.2) is 48.1 Å². The Bertz CT molecular complexity index is 2380. The van der Waals surface area contributed by atoms with Gasteiger partial charge in [0.25, 0.3) is 0 Å². The number of aliphatic hydroxyl groups excluding tert-OH is 8. The molecule has 3 aliphatic heterocycles. The van der Waals surface area contributed by atoms with Gasteiger partial charge in [0.1, 0.15) is 72.5 Å². The summed E-state index contributed by atoms with van der Waals surface area (Å²) in [6.45, 7) is 15.3. The molecule has 10 N–H and O–H groups in total. The second-order valence-corrected chi connectivity index (χ2v) is 25.7. The van der Waals surface area contributed by atoms with Gasteiger partial charge in [-0.3, -0.25) is 9.59 Å². The van der Waals surface area contributed by atoms with Crippen LogP contribution in [0.3, 0.4) is 0 Å². The number of carbonyl (C=O) groups is 3. The highest BCUT2D eigenvalue weighted by molar-refractivity contribution is 5.87. The maximum absolute atomic E-state index is 13.8. The van der Waals surface area contributed by atoms with E-state index in [1.165, 1.54) is 13.0 Å². The number of fused-ring (bicyclic) bond motifs is 7. The van der Waals surface area contributed by atoms with Crippen LogP contribution in [-0.2, 0) is 47.5 Å². The van der Waals surface area contributed by atoms with Gasteiger partial charge >= 0.3 is 11.9 Å². The molecule has 0 radical (unpaired) electrons. The van der Waals surface area contributed by atoms with E-state index >= 15 is 0 Å². The number of allylic oxidation sites excluding steroid dienone is 2. The Morgan fingerprint density at radius 2 is 1.42 bits per heavy atom. The fraction of sp³-hybridized carbons (Fsp3) is 0.772. The second-order valence-electron chi connectivity index (χ2n) is 25.7. The average Bonchev–Trinajstić information content (AvgIpc) is 3.45. The lowest BCUT2D eigenvalue weighted by Gasteiger charge is -2.72. The Balaban J connectivity index is 0.919. The third kappa shape index (κ3) is 10.1. The quantitative estimate of drug-likeness (QED) is 0.0622. The Morgan fingerprint density at radius 1 is 0.740 bits per heavy atom. The summed E-state index contributed by atoms with van der Waals surface area (Å²) in [5.41, 5.74) is -1.98. The van der Waals surface area contributed by atoms with Crippen molar-refractivity contribution >= 4 is 23.9 Å². The Morgan fingerprint density at radius 3 is 2.09 bits per heavy atom. The Labute approximate surface area is 450 Å². The van der Waals surface area contributed by atoms with Crippen molar-refractivity contribution in [2.24, 2.45) is 50.2 Å². The molecule has 77 heavy (non-hydrogen) atoms. The molecule has 20 heteroatoms. The number of ether oxygens (including phenoxy) is 7. The molecule has 8 aliphatic rings. The van der Waals surface area contributed by atoms with Crippen LogP contribution in [0, 0.1) is 50.2 Å². The van der Waals surface area contributed by atoms with E-state index in [1.807, 2.05) is 44.2 Å². The Kier molecular flexibility index (Phi) is 16.2. The molecule has 3 saturated heterocycles. The average molecular weight is 1090 g/mol. The lowest BCUT2D eigenvalue weighted by molar-refractivity contribution is -0.352. The fourth-order valence-electron chi connectivity index (χ4n) is 16.0. The van der Waals surface area contributed by atoms with Gasteiger partial charge in [0, 0.05) is 24.8 Å². The molecule has 1 amide bonds. The summed E-state index contributed by atoms with van der Waals surface area (Å²) in [5.74, 6) is -2.44. The number of amides is 1. The van der Waals surface area contributed by atoms with Crippen LogP contribution in [0.2, 0.25) is 0 Å². The molecule has 0 spiro atoms. The summed E-state index contributed by atoms with van der Waals surface area (Å²) in [7, 11) is 0. The molecule has 0 bridgehead atoms. The van der Waals surface area contributed by atoms with E-state index in [4.69, 9.17) is 33.2 Å². The number of aliphatic carboxylic acids is 1. The molecular formula is C57H83NO19. The largest absolute Gasteiger partial charge is 0.481 e. The van der Waals surface area contributed by atoms with Gasteiger partial charge in [-0.15, -0.1) is 0 Å². The van der Waals surface area contributed by atoms with E-state index in [0.29, 0.717) is 19.3 Å².